The number of aryl methyl sites for hydroxylation is 1. The van der Waals surface area contributed by atoms with Gasteiger partial charge >= 0.3 is 0 Å². The summed E-state index contributed by atoms with van der Waals surface area (Å²) in [6, 6.07) is 9.11. The van der Waals surface area contributed by atoms with Crippen molar-refractivity contribution in [3.8, 4) is 0 Å². The molecule has 88 valence electrons. The molecule has 1 aromatic heterocycles. The van der Waals surface area contributed by atoms with E-state index in [1.165, 1.54) is 34.6 Å². The van der Waals surface area contributed by atoms with Gasteiger partial charge in [0.2, 0.25) is 0 Å². The van der Waals surface area contributed by atoms with Crippen LogP contribution < -0.4 is 5.32 Å². The fraction of sp³-hybridized carbons (Fsp3) is 0.357. The maximum Gasteiger partial charge on any atom is 0.0751 e. The first-order valence-corrected chi connectivity index (χ1v) is 7.19. The van der Waals surface area contributed by atoms with E-state index in [0.29, 0.717) is 6.04 Å². The number of aromatic nitrogens is 1. The number of hydrogen-bond donors (Lipinski definition) is 1. The number of rotatable bonds is 2. The third-order valence-corrected chi connectivity index (χ3v) is 4.42. The molecule has 3 heteroatoms. The molecule has 2 heterocycles. The minimum absolute atomic E-state index is 0.617. The van der Waals surface area contributed by atoms with Crippen LogP contribution in [0.15, 0.2) is 30.5 Å². The summed E-state index contributed by atoms with van der Waals surface area (Å²) in [5, 5.41) is 4.89. The van der Waals surface area contributed by atoms with Crippen molar-refractivity contribution >= 4 is 28.4 Å². The molecule has 17 heavy (non-hydrogen) atoms. The second kappa shape index (κ2) is 4.57. The molecule has 1 unspecified atom stereocenters. The number of pyridine rings is 1. The number of thioether (sulfide) groups is 1. The highest BCUT2D eigenvalue weighted by molar-refractivity contribution is 7.99. The number of anilines is 1. The van der Waals surface area contributed by atoms with Gasteiger partial charge in [-0.2, -0.15) is 11.8 Å². The third kappa shape index (κ3) is 2.12. The van der Waals surface area contributed by atoms with Gasteiger partial charge in [0, 0.05) is 29.1 Å². The molecule has 0 bridgehead atoms. The summed E-state index contributed by atoms with van der Waals surface area (Å²) in [6.45, 7) is 2.12. The van der Waals surface area contributed by atoms with Gasteiger partial charge in [0.1, 0.15) is 0 Å². The molecule has 1 saturated heterocycles. The van der Waals surface area contributed by atoms with E-state index in [9.17, 15) is 0 Å². The van der Waals surface area contributed by atoms with Crippen LogP contribution in [0.5, 0.6) is 0 Å². The van der Waals surface area contributed by atoms with E-state index in [2.05, 4.69) is 35.4 Å². The maximum absolute atomic E-state index is 4.47. The van der Waals surface area contributed by atoms with Gasteiger partial charge < -0.3 is 5.32 Å². The first kappa shape index (κ1) is 10.9. The highest BCUT2D eigenvalue weighted by atomic mass is 32.2. The second-order valence-electron chi connectivity index (χ2n) is 4.53. The minimum Gasteiger partial charge on any atom is -0.381 e. The second-order valence-corrected chi connectivity index (χ2v) is 5.68. The molecule has 0 aliphatic carbocycles. The summed E-state index contributed by atoms with van der Waals surface area (Å²) in [7, 11) is 0. The summed E-state index contributed by atoms with van der Waals surface area (Å²) in [5.41, 5.74) is 3.58. The SMILES string of the molecule is Cc1ccc(NC2CCSC2)c2cccnc12. The molecule has 1 aliphatic rings. The van der Waals surface area contributed by atoms with E-state index in [-0.39, 0.29) is 0 Å². The van der Waals surface area contributed by atoms with Crippen LogP contribution in [0.25, 0.3) is 10.9 Å². The predicted molar refractivity (Wildman–Crippen MR) is 75.8 cm³/mol. The Morgan fingerprint density at radius 1 is 1.35 bits per heavy atom. The molecule has 1 N–H and O–H groups in total. The predicted octanol–water partition coefficient (Wildman–Crippen LogP) is 3.46. The van der Waals surface area contributed by atoms with Crippen LogP contribution in [0.1, 0.15) is 12.0 Å². The normalized spacial score (nSPS) is 19.7. The summed E-state index contributed by atoms with van der Waals surface area (Å²) in [6.07, 6.45) is 3.13. The lowest BCUT2D eigenvalue weighted by Gasteiger charge is -2.15. The Morgan fingerprint density at radius 2 is 2.29 bits per heavy atom. The van der Waals surface area contributed by atoms with Gasteiger partial charge in [-0.1, -0.05) is 6.07 Å². The highest BCUT2D eigenvalue weighted by Gasteiger charge is 2.16. The van der Waals surface area contributed by atoms with Crippen molar-refractivity contribution in [2.24, 2.45) is 0 Å². The number of hydrogen-bond acceptors (Lipinski definition) is 3. The van der Waals surface area contributed by atoms with E-state index < -0.39 is 0 Å². The molecule has 1 atom stereocenters. The van der Waals surface area contributed by atoms with Crippen molar-refractivity contribution in [2.45, 2.75) is 19.4 Å². The van der Waals surface area contributed by atoms with Crippen molar-refractivity contribution in [1.29, 1.82) is 0 Å². The average Bonchev–Trinajstić information content (AvgIpc) is 2.86. The fourth-order valence-corrected chi connectivity index (χ4v) is 3.46. The Hall–Kier alpha value is -1.22. The van der Waals surface area contributed by atoms with E-state index in [1.54, 1.807) is 0 Å². The van der Waals surface area contributed by atoms with Crippen molar-refractivity contribution in [3.05, 3.63) is 36.0 Å². The zero-order valence-electron chi connectivity index (χ0n) is 9.94. The van der Waals surface area contributed by atoms with Crippen LogP contribution in [0.4, 0.5) is 5.69 Å². The molecule has 2 aromatic rings. The Labute approximate surface area is 106 Å². The molecule has 0 radical (unpaired) electrons. The molecule has 0 spiro atoms. The van der Waals surface area contributed by atoms with Crippen molar-refractivity contribution in [3.63, 3.8) is 0 Å². The first-order valence-electron chi connectivity index (χ1n) is 6.03. The van der Waals surface area contributed by atoms with Gasteiger partial charge in [0.05, 0.1) is 5.52 Å². The smallest absolute Gasteiger partial charge is 0.0751 e. The Bertz CT molecular complexity index is 533. The Morgan fingerprint density at radius 3 is 3.12 bits per heavy atom. The van der Waals surface area contributed by atoms with E-state index in [0.717, 1.165) is 5.52 Å². The van der Waals surface area contributed by atoms with E-state index in [1.807, 2.05) is 24.0 Å². The van der Waals surface area contributed by atoms with Gasteiger partial charge in [0.25, 0.3) is 0 Å². The summed E-state index contributed by atoms with van der Waals surface area (Å²) in [4.78, 5) is 4.47. The van der Waals surface area contributed by atoms with Crippen molar-refractivity contribution < 1.29 is 0 Å². The van der Waals surface area contributed by atoms with Crippen molar-refractivity contribution in [2.75, 3.05) is 16.8 Å². The summed E-state index contributed by atoms with van der Waals surface area (Å²) < 4.78 is 0. The van der Waals surface area contributed by atoms with E-state index >= 15 is 0 Å². The van der Waals surface area contributed by atoms with Crippen LogP contribution in [0.2, 0.25) is 0 Å². The largest absolute Gasteiger partial charge is 0.381 e. The van der Waals surface area contributed by atoms with Crippen LogP contribution in [-0.4, -0.2) is 22.5 Å². The average molecular weight is 244 g/mol. The molecule has 1 aromatic carbocycles. The molecule has 2 nitrogen and oxygen atoms in total. The molecule has 0 amide bonds. The zero-order chi connectivity index (χ0) is 11.7. The lowest BCUT2D eigenvalue weighted by Crippen LogP contribution is -2.18. The molecule has 0 saturated carbocycles. The highest BCUT2D eigenvalue weighted by Crippen LogP contribution is 2.28. The van der Waals surface area contributed by atoms with Crippen LogP contribution >= 0.6 is 11.8 Å². The van der Waals surface area contributed by atoms with Crippen LogP contribution in [0.3, 0.4) is 0 Å². The minimum atomic E-state index is 0.617. The standard InChI is InChI=1S/C14H16N2S/c1-10-4-5-13(16-11-6-8-17-9-11)12-3-2-7-15-14(10)12/h2-5,7,11,16H,6,8-9H2,1H3. The quantitative estimate of drug-likeness (QED) is 0.875. The topological polar surface area (TPSA) is 24.9 Å². The number of nitrogens with one attached hydrogen (secondary N) is 1. The van der Waals surface area contributed by atoms with Gasteiger partial charge in [0.15, 0.2) is 0 Å². The monoisotopic (exact) mass is 244 g/mol. The molecular formula is C14H16N2S. The van der Waals surface area contributed by atoms with Gasteiger partial charge in [-0.05, 0) is 42.9 Å². The first-order chi connectivity index (χ1) is 8.34. The van der Waals surface area contributed by atoms with Crippen molar-refractivity contribution in [1.82, 2.24) is 4.98 Å². The van der Waals surface area contributed by atoms with Gasteiger partial charge in [-0.15, -0.1) is 0 Å². The molecule has 1 fully saturated rings. The lowest BCUT2D eigenvalue weighted by atomic mass is 10.1. The summed E-state index contributed by atoms with van der Waals surface area (Å²) >= 11 is 2.03. The van der Waals surface area contributed by atoms with Crippen LogP contribution in [0, 0.1) is 6.92 Å². The van der Waals surface area contributed by atoms with Crippen LogP contribution in [-0.2, 0) is 0 Å². The number of fused-ring (bicyclic) bond motifs is 1. The van der Waals surface area contributed by atoms with Gasteiger partial charge in [-0.3, -0.25) is 4.98 Å². The zero-order valence-corrected chi connectivity index (χ0v) is 10.8. The molecular weight excluding hydrogens is 228 g/mol. The number of benzene rings is 1. The molecule has 3 rings (SSSR count). The Balaban J connectivity index is 2.01. The van der Waals surface area contributed by atoms with E-state index in [4.69, 9.17) is 0 Å². The summed E-state index contributed by atoms with van der Waals surface area (Å²) in [5.74, 6) is 2.50. The molecule has 1 aliphatic heterocycles. The third-order valence-electron chi connectivity index (χ3n) is 3.26. The number of nitrogens with zero attached hydrogens (tertiary/aromatic N) is 1. The van der Waals surface area contributed by atoms with Gasteiger partial charge in [-0.25, -0.2) is 0 Å². The maximum atomic E-state index is 4.47. The lowest BCUT2D eigenvalue weighted by molar-refractivity contribution is 0.814. The Kier molecular flexibility index (Phi) is 2.93. The fourth-order valence-electron chi connectivity index (χ4n) is 2.31.